The smallest absolute Gasteiger partial charge is 0.336 e. The van der Waals surface area contributed by atoms with Crippen molar-refractivity contribution in [3.05, 3.63) is 107 Å². The normalized spacial score (nSPS) is 23.6. The molecule has 0 amide bonds. The summed E-state index contributed by atoms with van der Waals surface area (Å²) in [4.78, 5) is 45.5. The van der Waals surface area contributed by atoms with E-state index in [1.807, 2.05) is 12.1 Å². The summed E-state index contributed by atoms with van der Waals surface area (Å²) in [5.74, 6) is -4.66. The van der Waals surface area contributed by atoms with Gasteiger partial charge in [0.15, 0.2) is 5.60 Å². The van der Waals surface area contributed by atoms with Gasteiger partial charge in [0.2, 0.25) is 0 Å². The number of nitrogens with zero attached hydrogens (tertiary/aromatic N) is 2. The number of carbonyl (C=O) groups excluding carboxylic acids is 1. The minimum absolute atomic E-state index is 0.287. The highest BCUT2D eigenvalue weighted by Gasteiger charge is 2.54. The largest absolute Gasteiger partial charge is 0.481 e. The molecular formula is C47H61N3O8. The van der Waals surface area contributed by atoms with Crippen LogP contribution in [0.5, 0.6) is 0 Å². The van der Waals surface area contributed by atoms with Crippen molar-refractivity contribution in [1.29, 1.82) is 0 Å². The zero-order valence-corrected chi connectivity index (χ0v) is 34.9. The van der Waals surface area contributed by atoms with Gasteiger partial charge in [-0.25, -0.2) is 4.79 Å². The third-order valence-corrected chi connectivity index (χ3v) is 13.6. The minimum atomic E-state index is -2.80. The maximum atomic E-state index is 13.5. The summed E-state index contributed by atoms with van der Waals surface area (Å²) in [7, 11) is 8.61. The maximum Gasteiger partial charge on any atom is 0.336 e. The predicted octanol–water partition coefficient (Wildman–Crippen LogP) is 7.92. The zero-order valence-electron chi connectivity index (χ0n) is 34.9. The van der Waals surface area contributed by atoms with Crippen LogP contribution in [0.15, 0.2) is 84.9 Å². The summed E-state index contributed by atoms with van der Waals surface area (Å²) in [5.41, 5.74) is 1.32. The second-order valence-corrected chi connectivity index (χ2v) is 17.0. The van der Waals surface area contributed by atoms with Crippen molar-refractivity contribution in [1.82, 2.24) is 14.8 Å². The molecule has 2 aliphatic rings. The highest BCUT2D eigenvalue weighted by Crippen LogP contribution is 2.56. The number of aliphatic hydroxyl groups is 1. The van der Waals surface area contributed by atoms with E-state index in [2.05, 4.69) is 130 Å². The molecule has 6 rings (SSSR count). The Kier molecular flexibility index (Phi) is 12.9. The number of aromatic amines is 1. The van der Waals surface area contributed by atoms with Crippen LogP contribution in [0, 0.1) is 0 Å². The summed E-state index contributed by atoms with van der Waals surface area (Å²) >= 11 is 0. The molecule has 0 bridgehead atoms. The van der Waals surface area contributed by atoms with Gasteiger partial charge in [0.25, 0.3) is 0 Å². The number of carboxylic acids is 2. The molecule has 11 nitrogen and oxygen atoms in total. The second kappa shape index (κ2) is 17.4. The molecule has 0 saturated heterocycles. The van der Waals surface area contributed by atoms with E-state index >= 15 is 0 Å². The van der Waals surface area contributed by atoms with Crippen molar-refractivity contribution in [2.45, 2.75) is 125 Å². The van der Waals surface area contributed by atoms with Gasteiger partial charge >= 0.3 is 17.9 Å². The number of H-pyrrole nitrogens is 1. The molecule has 11 heteroatoms. The topological polar surface area (TPSA) is 153 Å². The molecule has 58 heavy (non-hydrogen) atoms. The van der Waals surface area contributed by atoms with Gasteiger partial charge in [-0.2, -0.15) is 0 Å². The van der Waals surface area contributed by atoms with Gasteiger partial charge in [-0.05, 0) is 109 Å². The minimum Gasteiger partial charge on any atom is -0.481 e. The molecule has 6 atom stereocenters. The first-order valence-electron chi connectivity index (χ1n) is 20.8. The van der Waals surface area contributed by atoms with Crippen LogP contribution in [0.2, 0.25) is 0 Å². The van der Waals surface area contributed by atoms with Gasteiger partial charge in [0, 0.05) is 27.9 Å². The molecule has 6 unspecified atom stereocenters. The van der Waals surface area contributed by atoms with E-state index in [-0.39, 0.29) is 23.1 Å². The van der Waals surface area contributed by atoms with E-state index in [1.54, 1.807) is 0 Å². The first-order chi connectivity index (χ1) is 27.6. The number of carbonyl (C=O) groups is 3. The summed E-state index contributed by atoms with van der Waals surface area (Å²) < 4.78 is 13.8. The Hall–Kier alpha value is -4.55. The highest BCUT2D eigenvalue weighted by atomic mass is 16.6. The molecule has 0 spiro atoms. The van der Waals surface area contributed by atoms with Crippen LogP contribution in [-0.4, -0.2) is 94.0 Å². The van der Waals surface area contributed by atoms with Crippen molar-refractivity contribution < 1.29 is 39.2 Å². The van der Waals surface area contributed by atoms with Crippen molar-refractivity contribution >= 4 is 28.8 Å². The predicted molar refractivity (Wildman–Crippen MR) is 223 cm³/mol. The van der Waals surface area contributed by atoms with Gasteiger partial charge in [0.1, 0.15) is 11.7 Å². The number of carboxylic acid groups (broad SMARTS) is 2. The Labute approximate surface area is 342 Å². The molecule has 4 N–H and O–H groups in total. The van der Waals surface area contributed by atoms with Gasteiger partial charge in [-0.15, -0.1) is 0 Å². The van der Waals surface area contributed by atoms with Crippen molar-refractivity contribution in [3.63, 3.8) is 0 Å². The number of rotatable bonds is 18. The van der Waals surface area contributed by atoms with Crippen LogP contribution in [-0.2, 0) is 40.5 Å². The highest BCUT2D eigenvalue weighted by molar-refractivity contribution is 5.89. The summed E-state index contributed by atoms with van der Waals surface area (Å²) in [6, 6.07) is 29.6. The Morgan fingerprint density at radius 1 is 0.793 bits per heavy atom. The molecular weight excluding hydrogens is 735 g/mol. The number of benzene rings is 3. The Balaban J connectivity index is 1.48. The van der Waals surface area contributed by atoms with E-state index in [0.29, 0.717) is 25.7 Å². The van der Waals surface area contributed by atoms with Gasteiger partial charge in [0.05, 0.1) is 24.6 Å². The van der Waals surface area contributed by atoms with Gasteiger partial charge < -0.3 is 29.8 Å². The van der Waals surface area contributed by atoms with Gasteiger partial charge in [-0.1, -0.05) is 92.7 Å². The Morgan fingerprint density at radius 3 is 1.83 bits per heavy atom. The number of fused-ring (bicyclic) bond motifs is 5. The van der Waals surface area contributed by atoms with Crippen LogP contribution in [0.3, 0.4) is 0 Å². The Bertz CT molecular complexity index is 1990. The fourth-order valence-electron chi connectivity index (χ4n) is 10.3. The first kappa shape index (κ1) is 43.0. The van der Waals surface area contributed by atoms with E-state index in [9.17, 15) is 29.7 Å². The Morgan fingerprint density at radius 2 is 1.33 bits per heavy atom. The third-order valence-electron chi connectivity index (χ3n) is 13.6. The van der Waals surface area contributed by atoms with Crippen molar-refractivity contribution in [2.24, 2.45) is 0 Å². The number of esters is 1. The lowest BCUT2D eigenvalue weighted by Gasteiger charge is -2.52. The lowest BCUT2D eigenvalue weighted by Crippen LogP contribution is -2.51. The van der Waals surface area contributed by atoms with Crippen molar-refractivity contribution in [2.75, 3.05) is 28.2 Å². The number of para-hydroxylation sites is 1. The van der Waals surface area contributed by atoms with Crippen LogP contribution in [0.25, 0.3) is 10.9 Å². The second-order valence-electron chi connectivity index (χ2n) is 17.0. The molecule has 1 saturated carbocycles. The standard InChI is InChI=1S/C47H61N3O8/c1-7-44(49(3)4,32-18-11-9-12-19-32)26-28-47(29-27-45(8-2,50(5)6)33-20-13-10-14-21-33)42-40(34-22-15-16-23-35(34)48-42)41-36(24-17-25-37(41)58-47)57-39(53)31-46(56,43(54)55)30-38(51)52/h9-16,18-23,36-37,41,48,56H,7-8,17,24-31H2,1-6H3,(H,51,52)(H,54,55). The van der Waals surface area contributed by atoms with E-state index in [1.165, 1.54) is 11.1 Å². The fourth-order valence-corrected chi connectivity index (χ4v) is 10.3. The quantitative estimate of drug-likeness (QED) is 0.0731. The fraction of sp³-hybridized carbons (Fsp3) is 0.511. The molecule has 1 aliphatic carbocycles. The van der Waals surface area contributed by atoms with Crippen LogP contribution in [0.4, 0.5) is 0 Å². The summed E-state index contributed by atoms with van der Waals surface area (Å²) in [6.07, 6.45) is 3.56. The number of hydrogen-bond donors (Lipinski definition) is 4. The SMILES string of the molecule is CCC(CCC1(CCC(CC)(c2ccccc2)N(C)C)OC2CCCC(OC(=O)CC(O)(CC(=O)O)C(=O)O)C2c2c1[nH]c1ccccc21)(c1ccccc1)N(C)C. The van der Waals surface area contributed by atoms with Crippen LogP contribution >= 0.6 is 0 Å². The van der Waals surface area contributed by atoms with E-state index in [4.69, 9.17) is 9.47 Å². The van der Waals surface area contributed by atoms with E-state index < -0.39 is 48.1 Å². The third kappa shape index (κ3) is 8.06. The number of hydrogen-bond acceptors (Lipinski definition) is 8. The molecule has 4 aromatic rings. The lowest BCUT2D eigenvalue weighted by atomic mass is 9.68. The molecule has 3 aromatic carbocycles. The average molecular weight is 796 g/mol. The molecule has 1 aromatic heterocycles. The number of aliphatic carboxylic acids is 2. The number of nitrogens with one attached hydrogen (secondary N) is 1. The van der Waals surface area contributed by atoms with Crippen molar-refractivity contribution in [3.8, 4) is 0 Å². The summed E-state index contributed by atoms with van der Waals surface area (Å²) in [6.45, 7) is 4.49. The van der Waals surface area contributed by atoms with E-state index in [0.717, 1.165) is 54.3 Å². The maximum absolute atomic E-state index is 13.5. The molecule has 312 valence electrons. The first-order valence-corrected chi connectivity index (χ1v) is 20.8. The number of aromatic nitrogens is 1. The molecule has 2 heterocycles. The molecule has 1 aliphatic heterocycles. The average Bonchev–Trinajstić information content (AvgIpc) is 3.59. The van der Waals surface area contributed by atoms with Crippen LogP contribution < -0.4 is 0 Å². The lowest BCUT2D eigenvalue weighted by molar-refractivity contribution is -0.185. The number of ether oxygens (including phenoxy) is 2. The molecule has 1 fully saturated rings. The van der Waals surface area contributed by atoms with Gasteiger partial charge in [-0.3, -0.25) is 19.4 Å². The van der Waals surface area contributed by atoms with Crippen LogP contribution in [0.1, 0.15) is 113 Å². The molecule has 0 radical (unpaired) electrons. The monoisotopic (exact) mass is 795 g/mol. The zero-order chi connectivity index (χ0) is 41.9. The summed E-state index contributed by atoms with van der Waals surface area (Å²) in [5, 5.41) is 30.8.